The second-order valence-corrected chi connectivity index (χ2v) is 6.46. The first-order chi connectivity index (χ1) is 12.1. The number of anilines is 1. The van der Waals surface area contributed by atoms with Crippen molar-refractivity contribution in [3.05, 3.63) is 58.6 Å². The van der Waals surface area contributed by atoms with Gasteiger partial charge in [-0.25, -0.2) is 4.79 Å². The molecule has 2 aromatic carbocycles. The fourth-order valence-electron chi connectivity index (χ4n) is 3.13. The van der Waals surface area contributed by atoms with Gasteiger partial charge in [0.15, 0.2) is 0 Å². The highest BCUT2D eigenvalue weighted by atomic mass is 35.5. The number of carbonyl (C=O) groups is 1. The smallest absolute Gasteiger partial charge is 0.337 e. The highest BCUT2D eigenvalue weighted by Crippen LogP contribution is 2.28. The van der Waals surface area contributed by atoms with Gasteiger partial charge in [-0.1, -0.05) is 29.8 Å². The molecule has 1 aliphatic heterocycles. The van der Waals surface area contributed by atoms with Crippen LogP contribution in [0.3, 0.4) is 0 Å². The van der Waals surface area contributed by atoms with Crippen molar-refractivity contribution >= 4 is 23.3 Å². The molecule has 3 rings (SSSR count). The number of halogens is 1. The third-order valence-electron chi connectivity index (χ3n) is 4.47. The first-order valence-electron chi connectivity index (χ1n) is 8.20. The number of aromatic carboxylic acids is 1. The molecule has 132 valence electrons. The van der Waals surface area contributed by atoms with Crippen molar-refractivity contribution in [2.24, 2.45) is 0 Å². The van der Waals surface area contributed by atoms with Crippen LogP contribution in [0.2, 0.25) is 5.02 Å². The molecule has 0 saturated carbocycles. The number of piperazine rings is 1. The van der Waals surface area contributed by atoms with Crippen LogP contribution in [0.4, 0.5) is 5.69 Å². The third kappa shape index (κ3) is 4.06. The Bertz CT molecular complexity index is 758. The minimum absolute atomic E-state index is 0.145. The Morgan fingerprint density at radius 1 is 1.16 bits per heavy atom. The maximum atomic E-state index is 11.0. The molecule has 6 heteroatoms. The Hall–Kier alpha value is -2.24. The van der Waals surface area contributed by atoms with Crippen LogP contribution in [0, 0.1) is 0 Å². The number of ether oxygens (including phenoxy) is 1. The van der Waals surface area contributed by atoms with Crippen LogP contribution in [0.5, 0.6) is 5.75 Å². The first-order valence-corrected chi connectivity index (χ1v) is 8.58. The monoisotopic (exact) mass is 360 g/mol. The summed E-state index contributed by atoms with van der Waals surface area (Å²) in [7, 11) is 1.69. The minimum atomic E-state index is -0.998. The summed E-state index contributed by atoms with van der Waals surface area (Å²) in [5, 5.41) is 9.34. The molecule has 0 unspecified atom stereocenters. The lowest BCUT2D eigenvalue weighted by Gasteiger charge is -2.36. The second kappa shape index (κ2) is 7.76. The van der Waals surface area contributed by atoms with Crippen molar-refractivity contribution in [3.8, 4) is 5.75 Å². The molecule has 5 nitrogen and oxygen atoms in total. The molecular weight excluding hydrogens is 340 g/mol. The largest absolute Gasteiger partial charge is 0.495 e. The molecular formula is C19H21ClN2O3. The fraction of sp³-hybridized carbons (Fsp3) is 0.316. The highest BCUT2D eigenvalue weighted by Gasteiger charge is 2.20. The normalized spacial score (nSPS) is 15.2. The van der Waals surface area contributed by atoms with Crippen LogP contribution in [0.25, 0.3) is 0 Å². The Balaban J connectivity index is 1.61. The van der Waals surface area contributed by atoms with Gasteiger partial charge in [0.25, 0.3) is 0 Å². The molecule has 1 aliphatic rings. The van der Waals surface area contributed by atoms with Gasteiger partial charge in [-0.2, -0.15) is 0 Å². The van der Waals surface area contributed by atoms with Gasteiger partial charge >= 0.3 is 5.97 Å². The second-order valence-electron chi connectivity index (χ2n) is 6.05. The van der Waals surface area contributed by atoms with E-state index < -0.39 is 5.97 Å². The van der Waals surface area contributed by atoms with Gasteiger partial charge in [0, 0.05) is 32.7 Å². The molecule has 0 amide bonds. The van der Waals surface area contributed by atoms with E-state index in [9.17, 15) is 4.79 Å². The van der Waals surface area contributed by atoms with Crippen LogP contribution in [-0.2, 0) is 6.54 Å². The number of nitrogens with zero attached hydrogens (tertiary/aromatic N) is 2. The summed E-state index contributed by atoms with van der Waals surface area (Å²) in [6, 6.07) is 13.2. The zero-order valence-electron chi connectivity index (χ0n) is 14.1. The summed E-state index contributed by atoms with van der Waals surface area (Å²) in [4.78, 5) is 15.7. The van der Waals surface area contributed by atoms with Crippen molar-refractivity contribution in [1.82, 2.24) is 4.90 Å². The number of rotatable bonds is 5. The summed E-state index contributed by atoms with van der Waals surface area (Å²) in [6.45, 7) is 4.45. The molecule has 0 atom stereocenters. The summed E-state index contributed by atoms with van der Waals surface area (Å²) in [6.07, 6.45) is 0. The van der Waals surface area contributed by atoms with Crippen LogP contribution < -0.4 is 9.64 Å². The molecule has 0 aliphatic carbocycles. The van der Waals surface area contributed by atoms with Crippen molar-refractivity contribution in [1.29, 1.82) is 0 Å². The van der Waals surface area contributed by atoms with Gasteiger partial charge in [-0.15, -0.1) is 0 Å². The van der Waals surface area contributed by atoms with E-state index >= 15 is 0 Å². The van der Waals surface area contributed by atoms with Gasteiger partial charge in [0.05, 0.1) is 23.4 Å². The molecule has 0 spiro atoms. The van der Waals surface area contributed by atoms with Crippen LogP contribution >= 0.6 is 11.6 Å². The zero-order valence-corrected chi connectivity index (χ0v) is 14.9. The number of para-hydroxylation sites is 2. The van der Waals surface area contributed by atoms with E-state index in [1.54, 1.807) is 19.2 Å². The first kappa shape index (κ1) is 17.6. The van der Waals surface area contributed by atoms with E-state index in [0.29, 0.717) is 0 Å². The Kier molecular flexibility index (Phi) is 5.46. The molecule has 0 bridgehead atoms. The average Bonchev–Trinajstić information content (AvgIpc) is 2.62. The maximum absolute atomic E-state index is 11.0. The molecule has 1 N–H and O–H groups in total. The average molecular weight is 361 g/mol. The molecule has 1 fully saturated rings. The van der Waals surface area contributed by atoms with Crippen molar-refractivity contribution < 1.29 is 14.6 Å². The maximum Gasteiger partial charge on any atom is 0.337 e. The van der Waals surface area contributed by atoms with Crippen LogP contribution in [0.15, 0.2) is 42.5 Å². The van der Waals surface area contributed by atoms with Crippen LogP contribution in [-0.4, -0.2) is 49.3 Å². The third-order valence-corrected chi connectivity index (χ3v) is 4.78. The number of methoxy groups -OCH3 is 1. The fourth-order valence-corrected chi connectivity index (χ4v) is 3.41. The number of carboxylic acids is 1. The molecule has 1 saturated heterocycles. The Labute approximate surface area is 152 Å². The quantitative estimate of drug-likeness (QED) is 0.886. The SMILES string of the molecule is COc1ccccc1N1CCN(Cc2ccc(C(=O)O)c(Cl)c2)CC1. The minimum Gasteiger partial charge on any atom is -0.495 e. The van der Waals surface area contributed by atoms with E-state index in [4.69, 9.17) is 21.4 Å². The summed E-state index contributed by atoms with van der Waals surface area (Å²) in [5.74, 6) is -0.103. The van der Waals surface area contributed by atoms with Crippen molar-refractivity contribution in [2.75, 3.05) is 38.2 Å². The number of carboxylic acid groups (broad SMARTS) is 1. The lowest BCUT2D eigenvalue weighted by Crippen LogP contribution is -2.46. The van der Waals surface area contributed by atoms with Gasteiger partial charge in [-0.05, 0) is 29.8 Å². The predicted molar refractivity (Wildman–Crippen MR) is 98.9 cm³/mol. The van der Waals surface area contributed by atoms with Gasteiger partial charge in [-0.3, -0.25) is 4.90 Å². The van der Waals surface area contributed by atoms with E-state index in [0.717, 1.165) is 49.7 Å². The molecule has 0 radical (unpaired) electrons. The van der Waals surface area contributed by atoms with Crippen LogP contribution in [0.1, 0.15) is 15.9 Å². The van der Waals surface area contributed by atoms with Gasteiger partial charge < -0.3 is 14.7 Å². The number of hydrogen-bond donors (Lipinski definition) is 1. The lowest BCUT2D eigenvalue weighted by atomic mass is 10.1. The van der Waals surface area contributed by atoms with E-state index in [2.05, 4.69) is 15.9 Å². The molecule has 0 aromatic heterocycles. The van der Waals surface area contributed by atoms with E-state index in [-0.39, 0.29) is 10.6 Å². The zero-order chi connectivity index (χ0) is 17.8. The summed E-state index contributed by atoms with van der Waals surface area (Å²) in [5.41, 5.74) is 2.30. The standard InChI is InChI=1S/C19H21ClN2O3/c1-25-18-5-3-2-4-17(18)22-10-8-21(9-11-22)13-14-6-7-15(19(23)24)16(20)12-14/h2-7,12H,8-11,13H2,1H3,(H,23,24). The summed E-state index contributed by atoms with van der Waals surface area (Å²) >= 11 is 6.06. The lowest BCUT2D eigenvalue weighted by molar-refractivity contribution is 0.0697. The Morgan fingerprint density at radius 3 is 2.52 bits per heavy atom. The number of benzene rings is 2. The number of hydrogen-bond acceptors (Lipinski definition) is 4. The molecule has 25 heavy (non-hydrogen) atoms. The molecule has 2 aromatic rings. The predicted octanol–water partition coefficient (Wildman–Crippen LogP) is 3.37. The Morgan fingerprint density at radius 2 is 1.88 bits per heavy atom. The van der Waals surface area contributed by atoms with E-state index in [1.165, 1.54) is 0 Å². The van der Waals surface area contributed by atoms with Crippen molar-refractivity contribution in [2.45, 2.75) is 6.54 Å². The summed E-state index contributed by atoms with van der Waals surface area (Å²) < 4.78 is 5.45. The molecule has 1 heterocycles. The van der Waals surface area contributed by atoms with Gasteiger partial charge in [0.1, 0.15) is 5.75 Å². The van der Waals surface area contributed by atoms with E-state index in [1.807, 2.05) is 24.3 Å². The van der Waals surface area contributed by atoms with Gasteiger partial charge in [0.2, 0.25) is 0 Å². The topological polar surface area (TPSA) is 53.0 Å². The highest BCUT2D eigenvalue weighted by molar-refractivity contribution is 6.33. The van der Waals surface area contributed by atoms with Crippen molar-refractivity contribution in [3.63, 3.8) is 0 Å².